The molecule has 1 saturated carbocycles. The Kier molecular flexibility index (Phi) is 5.58. The number of halogens is 5. The summed E-state index contributed by atoms with van der Waals surface area (Å²) in [6.45, 7) is 2.19. The first-order valence-corrected chi connectivity index (χ1v) is 9.23. The van der Waals surface area contributed by atoms with Crippen molar-refractivity contribution in [3.63, 3.8) is 0 Å². The van der Waals surface area contributed by atoms with Crippen LogP contribution in [0, 0.1) is 23.5 Å². The molecule has 0 aromatic heterocycles. The Balaban J connectivity index is 1.75. The van der Waals surface area contributed by atoms with Crippen molar-refractivity contribution >= 4 is 0 Å². The fraction of sp³-hybridized carbons (Fsp3) is 0.600. The van der Waals surface area contributed by atoms with Gasteiger partial charge in [0, 0.05) is 0 Å². The maximum atomic E-state index is 14.4. The molecule has 0 unspecified atom stereocenters. The van der Waals surface area contributed by atoms with Crippen LogP contribution in [0.25, 0.3) is 0 Å². The monoisotopic (exact) mass is 374 g/mol. The van der Waals surface area contributed by atoms with Gasteiger partial charge in [0.1, 0.15) is 0 Å². The van der Waals surface area contributed by atoms with E-state index < -0.39 is 23.7 Å². The van der Waals surface area contributed by atoms with E-state index >= 15 is 0 Å². The molecule has 0 heterocycles. The predicted molar refractivity (Wildman–Crippen MR) is 88.9 cm³/mol. The highest BCUT2D eigenvalue weighted by molar-refractivity contribution is 5.45. The number of benzene rings is 1. The maximum absolute atomic E-state index is 14.4. The summed E-state index contributed by atoms with van der Waals surface area (Å²) in [5, 5.41) is 0. The molecule has 2 aliphatic carbocycles. The van der Waals surface area contributed by atoms with E-state index in [2.05, 4.69) is 11.7 Å². The van der Waals surface area contributed by atoms with Crippen molar-refractivity contribution in [2.45, 2.75) is 64.7 Å². The molecule has 6 heteroatoms. The second-order valence-electron chi connectivity index (χ2n) is 7.35. The van der Waals surface area contributed by atoms with Crippen LogP contribution in [0.4, 0.5) is 22.0 Å². The van der Waals surface area contributed by atoms with E-state index in [1.807, 2.05) is 6.08 Å². The molecule has 0 amide bonds. The molecule has 0 radical (unpaired) electrons. The number of rotatable bonds is 4. The molecule has 1 aromatic carbocycles. The van der Waals surface area contributed by atoms with Gasteiger partial charge in [0.05, 0.1) is 0 Å². The van der Waals surface area contributed by atoms with Crippen molar-refractivity contribution in [1.29, 1.82) is 0 Å². The van der Waals surface area contributed by atoms with Gasteiger partial charge in [0.15, 0.2) is 11.6 Å². The standard InChI is InChI=1S/C20H23F5O/c1-2-3-12-4-6-13(7-5-12)14-8-9-16-15(10-14)11-17(21)19(18(16)22)26-20(23,24)25/h8,11-13H,2-7,9-10H2,1H3. The normalized spacial score (nSPS) is 23.4. The number of hydrogen-bond donors (Lipinski definition) is 0. The first-order valence-electron chi connectivity index (χ1n) is 9.23. The molecule has 26 heavy (non-hydrogen) atoms. The zero-order chi connectivity index (χ0) is 18.9. The van der Waals surface area contributed by atoms with Crippen LogP contribution in [-0.2, 0) is 12.8 Å². The lowest BCUT2D eigenvalue weighted by Gasteiger charge is -2.32. The lowest BCUT2D eigenvalue weighted by Crippen LogP contribution is -2.22. The predicted octanol–water partition coefficient (Wildman–Crippen LogP) is 6.49. The smallest absolute Gasteiger partial charge is 0.399 e. The quantitative estimate of drug-likeness (QED) is 0.432. The van der Waals surface area contributed by atoms with Gasteiger partial charge in [-0.05, 0) is 67.6 Å². The van der Waals surface area contributed by atoms with Crippen LogP contribution in [0.2, 0.25) is 0 Å². The van der Waals surface area contributed by atoms with Crippen LogP contribution in [0.5, 0.6) is 5.75 Å². The van der Waals surface area contributed by atoms with Gasteiger partial charge in [-0.1, -0.05) is 31.4 Å². The summed E-state index contributed by atoms with van der Waals surface area (Å²) in [5.41, 5.74) is 1.70. The lowest BCUT2D eigenvalue weighted by molar-refractivity contribution is -0.276. The molecule has 0 atom stereocenters. The Labute approximate surface area is 150 Å². The third-order valence-electron chi connectivity index (χ3n) is 5.62. The average molecular weight is 374 g/mol. The lowest BCUT2D eigenvalue weighted by atomic mass is 9.74. The maximum Gasteiger partial charge on any atom is 0.573 e. The number of fused-ring (bicyclic) bond motifs is 1. The highest BCUT2D eigenvalue weighted by Crippen LogP contribution is 2.40. The Bertz CT molecular complexity index is 684. The molecule has 2 aliphatic rings. The molecule has 3 rings (SSSR count). The number of hydrogen-bond acceptors (Lipinski definition) is 1. The van der Waals surface area contributed by atoms with Gasteiger partial charge in [-0.2, -0.15) is 0 Å². The van der Waals surface area contributed by atoms with Crippen LogP contribution in [0.15, 0.2) is 17.7 Å². The van der Waals surface area contributed by atoms with Gasteiger partial charge in [-0.3, -0.25) is 0 Å². The van der Waals surface area contributed by atoms with Crippen molar-refractivity contribution in [3.05, 3.63) is 40.5 Å². The van der Waals surface area contributed by atoms with Crippen LogP contribution < -0.4 is 4.74 Å². The summed E-state index contributed by atoms with van der Waals surface area (Å²) in [6.07, 6.45) is 4.29. The number of alkyl halides is 3. The van der Waals surface area contributed by atoms with Crippen LogP contribution in [-0.4, -0.2) is 6.36 Å². The minimum Gasteiger partial charge on any atom is -0.399 e. The van der Waals surface area contributed by atoms with E-state index in [-0.39, 0.29) is 12.0 Å². The molecule has 0 N–H and O–H groups in total. The van der Waals surface area contributed by atoms with Crippen molar-refractivity contribution in [3.8, 4) is 5.75 Å². The average Bonchev–Trinajstić information content (AvgIpc) is 2.58. The molecular weight excluding hydrogens is 351 g/mol. The Morgan fingerprint density at radius 1 is 1.12 bits per heavy atom. The molecule has 0 saturated heterocycles. The SMILES string of the molecule is CCCC1CCC(C2=CCc3c(cc(F)c(OC(F)(F)F)c3F)C2)CC1. The minimum atomic E-state index is -5.12. The molecular formula is C20H23F5O. The number of allylic oxidation sites excluding steroid dienone is 2. The zero-order valence-electron chi connectivity index (χ0n) is 14.8. The van der Waals surface area contributed by atoms with E-state index in [0.717, 1.165) is 30.4 Å². The summed E-state index contributed by atoms with van der Waals surface area (Å²) in [7, 11) is 0. The third kappa shape index (κ3) is 4.21. The topological polar surface area (TPSA) is 9.23 Å². The highest BCUT2D eigenvalue weighted by atomic mass is 19.4. The van der Waals surface area contributed by atoms with Crippen molar-refractivity contribution in [1.82, 2.24) is 0 Å². The largest absolute Gasteiger partial charge is 0.573 e. The van der Waals surface area contributed by atoms with Gasteiger partial charge < -0.3 is 4.74 Å². The summed E-state index contributed by atoms with van der Waals surface area (Å²) >= 11 is 0. The Morgan fingerprint density at radius 2 is 1.81 bits per heavy atom. The van der Waals surface area contributed by atoms with Crippen LogP contribution >= 0.6 is 0 Å². The minimum absolute atomic E-state index is 0.106. The zero-order valence-corrected chi connectivity index (χ0v) is 14.8. The summed E-state index contributed by atoms with van der Waals surface area (Å²) in [5.74, 6) is -2.71. The molecule has 0 bridgehead atoms. The van der Waals surface area contributed by atoms with Crippen LogP contribution in [0.3, 0.4) is 0 Å². The molecule has 0 spiro atoms. The molecule has 1 nitrogen and oxygen atoms in total. The van der Waals surface area contributed by atoms with Gasteiger partial charge in [0.2, 0.25) is 5.75 Å². The Morgan fingerprint density at radius 3 is 2.42 bits per heavy atom. The molecule has 1 aromatic rings. The summed E-state index contributed by atoms with van der Waals surface area (Å²) in [6, 6.07) is 0.995. The third-order valence-corrected chi connectivity index (χ3v) is 5.62. The molecule has 144 valence electrons. The first kappa shape index (κ1) is 19.2. The van der Waals surface area contributed by atoms with E-state index in [1.54, 1.807) is 0 Å². The fourth-order valence-corrected chi connectivity index (χ4v) is 4.34. The van der Waals surface area contributed by atoms with E-state index in [1.165, 1.54) is 25.7 Å². The summed E-state index contributed by atoms with van der Waals surface area (Å²) < 4.78 is 69.0. The van der Waals surface area contributed by atoms with Gasteiger partial charge in [-0.15, -0.1) is 13.2 Å². The Hall–Kier alpha value is -1.59. The number of ether oxygens (including phenoxy) is 1. The van der Waals surface area contributed by atoms with E-state index in [4.69, 9.17) is 0 Å². The van der Waals surface area contributed by atoms with Crippen molar-refractivity contribution < 1.29 is 26.7 Å². The van der Waals surface area contributed by atoms with Gasteiger partial charge >= 0.3 is 6.36 Å². The highest BCUT2D eigenvalue weighted by Gasteiger charge is 2.36. The van der Waals surface area contributed by atoms with E-state index in [9.17, 15) is 22.0 Å². The first-order chi connectivity index (χ1) is 12.3. The van der Waals surface area contributed by atoms with Crippen molar-refractivity contribution in [2.24, 2.45) is 11.8 Å². The second kappa shape index (κ2) is 7.57. The van der Waals surface area contributed by atoms with Gasteiger partial charge in [0.25, 0.3) is 0 Å². The fourth-order valence-electron chi connectivity index (χ4n) is 4.34. The summed E-state index contributed by atoms with van der Waals surface area (Å²) in [4.78, 5) is 0. The van der Waals surface area contributed by atoms with E-state index in [0.29, 0.717) is 17.9 Å². The van der Waals surface area contributed by atoms with Crippen molar-refractivity contribution in [2.75, 3.05) is 0 Å². The van der Waals surface area contributed by atoms with Crippen LogP contribution in [0.1, 0.15) is 56.6 Å². The van der Waals surface area contributed by atoms with Gasteiger partial charge in [-0.25, -0.2) is 8.78 Å². The second-order valence-corrected chi connectivity index (χ2v) is 7.35. The molecule has 1 fully saturated rings. The molecule has 0 aliphatic heterocycles.